The summed E-state index contributed by atoms with van der Waals surface area (Å²) in [5, 5.41) is 7.98. The Morgan fingerprint density at radius 3 is 2.24 bits per heavy atom. The molecule has 0 spiro atoms. The first-order valence-electron chi connectivity index (χ1n) is 9.20. The highest BCUT2D eigenvalue weighted by Crippen LogP contribution is 2.16. The van der Waals surface area contributed by atoms with E-state index in [1.165, 1.54) is 35.8 Å². The summed E-state index contributed by atoms with van der Waals surface area (Å²) in [6.45, 7) is 14.1. The summed E-state index contributed by atoms with van der Waals surface area (Å²) >= 11 is 1.79. The van der Waals surface area contributed by atoms with Crippen molar-refractivity contribution in [1.29, 1.82) is 0 Å². The third kappa shape index (κ3) is 10.4. The number of thiazole rings is 1. The van der Waals surface area contributed by atoms with Crippen LogP contribution in [0, 0.1) is 13.8 Å². The highest BCUT2D eigenvalue weighted by atomic mass is 127. The molecule has 1 rings (SSSR count). The molecule has 7 heteroatoms. The number of halogens is 1. The van der Waals surface area contributed by atoms with Crippen LogP contribution in [-0.2, 0) is 6.42 Å². The molecule has 1 aromatic rings. The molecule has 0 radical (unpaired) electrons. The third-order valence-corrected chi connectivity index (χ3v) is 5.08. The van der Waals surface area contributed by atoms with Crippen LogP contribution in [0.2, 0.25) is 0 Å². The fraction of sp³-hybridized carbons (Fsp3) is 0.778. The van der Waals surface area contributed by atoms with Gasteiger partial charge >= 0.3 is 0 Å². The van der Waals surface area contributed by atoms with Crippen LogP contribution in [0.15, 0.2) is 4.99 Å². The molecule has 0 atom stereocenters. The highest BCUT2D eigenvalue weighted by Gasteiger charge is 2.05. The number of hydrogen-bond donors (Lipinski definition) is 2. The molecule has 0 aliphatic carbocycles. The van der Waals surface area contributed by atoms with E-state index in [2.05, 4.69) is 53.2 Å². The molecule has 25 heavy (non-hydrogen) atoms. The van der Waals surface area contributed by atoms with E-state index in [4.69, 9.17) is 0 Å². The number of aliphatic imine (C=N–C) groups is 1. The number of aryl methyl sites for hydroxylation is 2. The van der Waals surface area contributed by atoms with Crippen LogP contribution in [0.4, 0.5) is 0 Å². The van der Waals surface area contributed by atoms with Crippen molar-refractivity contribution >= 4 is 41.3 Å². The second kappa shape index (κ2) is 14.7. The molecule has 0 saturated heterocycles. The molecule has 0 bridgehead atoms. The van der Waals surface area contributed by atoms with Crippen molar-refractivity contribution in [2.75, 3.05) is 39.8 Å². The lowest BCUT2D eigenvalue weighted by atomic mass is 10.3. The zero-order chi connectivity index (χ0) is 17.8. The minimum Gasteiger partial charge on any atom is -0.356 e. The largest absolute Gasteiger partial charge is 0.356 e. The fourth-order valence-corrected chi connectivity index (χ4v) is 3.57. The summed E-state index contributed by atoms with van der Waals surface area (Å²) in [5.74, 6) is 0.887. The molecule has 146 valence electrons. The maximum absolute atomic E-state index is 4.58. The molecule has 0 saturated carbocycles. The van der Waals surface area contributed by atoms with Crippen LogP contribution in [0.3, 0.4) is 0 Å². The van der Waals surface area contributed by atoms with Crippen molar-refractivity contribution in [3.05, 3.63) is 15.6 Å². The molecular weight excluding hydrogens is 445 g/mol. The predicted molar refractivity (Wildman–Crippen MR) is 122 cm³/mol. The lowest BCUT2D eigenvalue weighted by Gasteiger charge is -2.21. The van der Waals surface area contributed by atoms with Crippen molar-refractivity contribution in [3.63, 3.8) is 0 Å². The van der Waals surface area contributed by atoms with Gasteiger partial charge in [-0.05, 0) is 52.7 Å². The van der Waals surface area contributed by atoms with Gasteiger partial charge in [-0.1, -0.05) is 13.8 Å². The first-order chi connectivity index (χ1) is 11.6. The molecular formula is C18H36IN5S. The molecule has 2 N–H and O–H groups in total. The van der Waals surface area contributed by atoms with Crippen LogP contribution in [0.25, 0.3) is 0 Å². The first-order valence-corrected chi connectivity index (χ1v) is 10.0. The topological polar surface area (TPSA) is 52.5 Å². The van der Waals surface area contributed by atoms with Crippen molar-refractivity contribution in [2.24, 2.45) is 4.99 Å². The van der Waals surface area contributed by atoms with E-state index in [-0.39, 0.29) is 24.0 Å². The van der Waals surface area contributed by atoms with Gasteiger partial charge in [0.05, 0.1) is 10.7 Å². The Hall–Kier alpha value is -0.410. The Labute approximate surface area is 175 Å². The zero-order valence-corrected chi connectivity index (χ0v) is 19.7. The summed E-state index contributed by atoms with van der Waals surface area (Å²) in [5.41, 5.74) is 1.15. The second-order valence-electron chi connectivity index (χ2n) is 6.12. The average molecular weight is 481 g/mol. The lowest BCUT2D eigenvalue weighted by molar-refractivity contribution is 0.271. The van der Waals surface area contributed by atoms with Crippen molar-refractivity contribution in [2.45, 2.75) is 53.4 Å². The van der Waals surface area contributed by atoms with Crippen molar-refractivity contribution in [1.82, 2.24) is 20.5 Å². The summed E-state index contributed by atoms with van der Waals surface area (Å²) in [6, 6.07) is 0. The minimum atomic E-state index is 0. The van der Waals surface area contributed by atoms with E-state index in [0.717, 1.165) is 44.1 Å². The first kappa shape index (κ1) is 24.6. The number of nitrogens with zero attached hydrogens (tertiary/aromatic N) is 3. The van der Waals surface area contributed by atoms with Crippen LogP contribution in [-0.4, -0.2) is 55.6 Å². The van der Waals surface area contributed by atoms with Crippen LogP contribution < -0.4 is 10.6 Å². The molecule has 5 nitrogen and oxygen atoms in total. The van der Waals surface area contributed by atoms with Crippen LogP contribution in [0.1, 0.15) is 48.7 Å². The Bertz CT molecular complexity index is 464. The molecule has 1 aromatic heterocycles. The Morgan fingerprint density at radius 1 is 1.08 bits per heavy atom. The van der Waals surface area contributed by atoms with Gasteiger partial charge in [-0.3, -0.25) is 4.99 Å². The second-order valence-corrected chi connectivity index (χ2v) is 7.41. The van der Waals surface area contributed by atoms with E-state index in [1.54, 1.807) is 11.3 Å². The van der Waals surface area contributed by atoms with E-state index in [1.807, 2.05) is 7.05 Å². The standard InChI is InChI=1S/C18H35N5S.HI/c1-6-12-23(13-7-2)14-8-10-20-18(19-5)21-11-9-17-22-15(3)16(4)24-17;/h6-14H2,1-5H3,(H2,19,20,21);1H. The number of guanidine groups is 1. The average Bonchev–Trinajstić information content (AvgIpc) is 2.88. The SMILES string of the molecule is CCCN(CCC)CCCNC(=NC)NCCc1nc(C)c(C)s1.I. The summed E-state index contributed by atoms with van der Waals surface area (Å²) in [6.07, 6.45) is 4.55. The third-order valence-electron chi connectivity index (χ3n) is 3.95. The monoisotopic (exact) mass is 481 g/mol. The maximum atomic E-state index is 4.58. The maximum Gasteiger partial charge on any atom is 0.190 e. The molecule has 0 aliphatic rings. The van der Waals surface area contributed by atoms with Gasteiger partial charge in [0.25, 0.3) is 0 Å². The number of nitrogens with one attached hydrogen (secondary N) is 2. The summed E-state index contributed by atoms with van der Waals surface area (Å²) < 4.78 is 0. The van der Waals surface area contributed by atoms with E-state index >= 15 is 0 Å². The number of hydrogen-bond acceptors (Lipinski definition) is 4. The van der Waals surface area contributed by atoms with Gasteiger partial charge < -0.3 is 15.5 Å². The van der Waals surface area contributed by atoms with Crippen molar-refractivity contribution < 1.29 is 0 Å². The normalized spacial score (nSPS) is 11.5. The Balaban J connectivity index is 0.00000576. The molecule has 1 heterocycles. The predicted octanol–water partition coefficient (Wildman–Crippen LogP) is 3.60. The number of aromatic nitrogens is 1. The zero-order valence-electron chi connectivity index (χ0n) is 16.5. The molecule has 0 amide bonds. The van der Waals surface area contributed by atoms with Gasteiger partial charge in [0.15, 0.2) is 5.96 Å². The summed E-state index contributed by atoms with van der Waals surface area (Å²) in [7, 11) is 1.83. The van der Waals surface area contributed by atoms with E-state index in [9.17, 15) is 0 Å². The quantitative estimate of drug-likeness (QED) is 0.220. The Morgan fingerprint density at radius 2 is 1.72 bits per heavy atom. The smallest absolute Gasteiger partial charge is 0.190 e. The van der Waals surface area contributed by atoms with Gasteiger partial charge in [0, 0.05) is 31.4 Å². The Kier molecular flexibility index (Phi) is 14.5. The van der Waals surface area contributed by atoms with Gasteiger partial charge in [-0.15, -0.1) is 35.3 Å². The molecule has 0 unspecified atom stereocenters. The molecule has 0 aromatic carbocycles. The van der Waals surface area contributed by atoms with E-state index in [0.29, 0.717) is 0 Å². The van der Waals surface area contributed by atoms with E-state index < -0.39 is 0 Å². The summed E-state index contributed by atoms with van der Waals surface area (Å²) in [4.78, 5) is 12.7. The van der Waals surface area contributed by atoms with Gasteiger partial charge in [0.2, 0.25) is 0 Å². The van der Waals surface area contributed by atoms with Crippen LogP contribution >= 0.6 is 35.3 Å². The highest BCUT2D eigenvalue weighted by molar-refractivity contribution is 14.0. The number of rotatable bonds is 11. The molecule has 0 fully saturated rings. The fourth-order valence-electron chi connectivity index (χ4n) is 2.63. The molecule has 0 aliphatic heterocycles. The van der Waals surface area contributed by atoms with Gasteiger partial charge in [-0.2, -0.15) is 0 Å². The minimum absolute atomic E-state index is 0. The lowest BCUT2D eigenvalue weighted by Crippen LogP contribution is -2.39. The van der Waals surface area contributed by atoms with Gasteiger partial charge in [0.1, 0.15) is 0 Å². The van der Waals surface area contributed by atoms with Gasteiger partial charge in [-0.25, -0.2) is 4.98 Å². The van der Waals surface area contributed by atoms with Crippen molar-refractivity contribution in [3.8, 4) is 0 Å². The van der Waals surface area contributed by atoms with Crippen LogP contribution in [0.5, 0.6) is 0 Å².